The second kappa shape index (κ2) is 4.80. The van der Waals surface area contributed by atoms with Crippen LogP contribution in [-0.2, 0) is 0 Å². The average molecular weight is 262 g/mol. The number of hydrogen-bond acceptors (Lipinski definition) is 1. The average Bonchev–Trinajstić information content (AvgIpc) is 2.09. The minimum atomic E-state index is -0.537. The van der Waals surface area contributed by atoms with Gasteiger partial charge in [-0.15, -0.1) is 6.58 Å². The zero-order chi connectivity index (χ0) is 9.84. The second-order valence-corrected chi connectivity index (χ2v) is 4.00. The normalized spacial score (nSPS) is 12.5. The first-order chi connectivity index (χ1) is 6.15. The molecule has 13 heavy (non-hydrogen) atoms. The van der Waals surface area contributed by atoms with Gasteiger partial charge in [-0.05, 0) is 30.2 Å². The van der Waals surface area contributed by atoms with Crippen LogP contribution in [-0.4, -0.2) is 5.11 Å². The molecule has 0 amide bonds. The maximum atomic E-state index is 9.67. The summed E-state index contributed by atoms with van der Waals surface area (Å²) in [5, 5.41) is 10.3. The van der Waals surface area contributed by atoms with Gasteiger partial charge in [-0.3, -0.25) is 0 Å². The topological polar surface area (TPSA) is 20.2 Å². The fourth-order valence-electron chi connectivity index (χ4n) is 1.05. The van der Waals surface area contributed by atoms with Gasteiger partial charge in [0, 0.05) is 9.50 Å². The Labute approximate surface area is 91.2 Å². The number of halogens is 2. The number of benzene rings is 1. The van der Waals surface area contributed by atoms with E-state index in [1.54, 1.807) is 18.2 Å². The van der Waals surface area contributed by atoms with E-state index in [0.717, 1.165) is 10.0 Å². The molecule has 70 valence electrons. The monoisotopic (exact) mass is 260 g/mol. The molecule has 0 heterocycles. The van der Waals surface area contributed by atoms with Crippen LogP contribution in [0.25, 0.3) is 0 Å². The third kappa shape index (κ3) is 2.83. The van der Waals surface area contributed by atoms with Gasteiger partial charge in [-0.2, -0.15) is 0 Å². The molecular weight excluding hydrogens is 251 g/mol. The van der Waals surface area contributed by atoms with E-state index in [4.69, 9.17) is 11.6 Å². The van der Waals surface area contributed by atoms with Crippen molar-refractivity contribution in [3.63, 3.8) is 0 Å². The Morgan fingerprint density at radius 2 is 2.31 bits per heavy atom. The summed E-state index contributed by atoms with van der Waals surface area (Å²) in [4.78, 5) is 0. The first kappa shape index (κ1) is 10.8. The Kier molecular flexibility index (Phi) is 3.97. The molecule has 0 bridgehead atoms. The fourth-order valence-corrected chi connectivity index (χ4v) is 1.75. The molecule has 0 spiro atoms. The summed E-state index contributed by atoms with van der Waals surface area (Å²) >= 11 is 9.15. The van der Waals surface area contributed by atoms with Crippen LogP contribution in [0.1, 0.15) is 18.1 Å². The highest BCUT2D eigenvalue weighted by molar-refractivity contribution is 9.10. The fraction of sp³-hybridized carbons (Fsp3) is 0.200. The standard InChI is InChI=1S/C10H10BrClO/c1-2-3-10(13)8-6-7(12)4-5-9(8)11/h2,4-6,10,13H,1,3H2. The molecule has 0 saturated heterocycles. The molecular formula is C10H10BrClO. The van der Waals surface area contributed by atoms with Gasteiger partial charge in [0.05, 0.1) is 6.10 Å². The van der Waals surface area contributed by atoms with Crippen molar-refractivity contribution in [2.24, 2.45) is 0 Å². The van der Waals surface area contributed by atoms with Crippen molar-refractivity contribution in [1.82, 2.24) is 0 Å². The van der Waals surface area contributed by atoms with Crippen molar-refractivity contribution in [2.75, 3.05) is 0 Å². The van der Waals surface area contributed by atoms with Gasteiger partial charge in [0.2, 0.25) is 0 Å². The summed E-state index contributed by atoms with van der Waals surface area (Å²) in [7, 11) is 0. The predicted octanol–water partition coefficient (Wildman–Crippen LogP) is 3.71. The number of aliphatic hydroxyl groups is 1. The SMILES string of the molecule is C=CCC(O)c1cc(Cl)ccc1Br. The van der Waals surface area contributed by atoms with E-state index in [1.807, 2.05) is 6.07 Å². The second-order valence-electron chi connectivity index (χ2n) is 2.71. The highest BCUT2D eigenvalue weighted by Gasteiger charge is 2.09. The molecule has 1 atom stereocenters. The van der Waals surface area contributed by atoms with Crippen LogP contribution in [0, 0.1) is 0 Å². The van der Waals surface area contributed by atoms with Crippen LogP contribution in [0.2, 0.25) is 5.02 Å². The summed E-state index contributed by atoms with van der Waals surface area (Å²) in [6.07, 6.45) is 1.67. The third-order valence-corrected chi connectivity index (χ3v) is 2.66. The summed E-state index contributed by atoms with van der Waals surface area (Å²) in [5.41, 5.74) is 0.799. The first-order valence-electron chi connectivity index (χ1n) is 3.89. The van der Waals surface area contributed by atoms with Gasteiger partial charge in [0.1, 0.15) is 0 Å². The van der Waals surface area contributed by atoms with Gasteiger partial charge in [0.15, 0.2) is 0 Å². The van der Waals surface area contributed by atoms with Gasteiger partial charge < -0.3 is 5.11 Å². The van der Waals surface area contributed by atoms with Crippen LogP contribution in [0.5, 0.6) is 0 Å². The zero-order valence-electron chi connectivity index (χ0n) is 7.00. The Morgan fingerprint density at radius 3 is 2.92 bits per heavy atom. The van der Waals surface area contributed by atoms with Gasteiger partial charge in [0.25, 0.3) is 0 Å². The van der Waals surface area contributed by atoms with E-state index in [-0.39, 0.29) is 0 Å². The lowest BCUT2D eigenvalue weighted by atomic mass is 10.1. The maximum Gasteiger partial charge on any atom is 0.0835 e. The van der Waals surface area contributed by atoms with E-state index in [0.29, 0.717) is 11.4 Å². The molecule has 1 nitrogen and oxygen atoms in total. The quantitative estimate of drug-likeness (QED) is 0.822. The Morgan fingerprint density at radius 1 is 1.62 bits per heavy atom. The number of hydrogen-bond donors (Lipinski definition) is 1. The van der Waals surface area contributed by atoms with Crippen LogP contribution in [0.4, 0.5) is 0 Å². The molecule has 1 aromatic rings. The largest absolute Gasteiger partial charge is 0.388 e. The lowest BCUT2D eigenvalue weighted by Crippen LogP contribution is -1.96. The molecule has 0 aromatic heterocycles. The van der Waals surface area contributed by atoms with Crippen molar-refractivity contribution in [1.29, 1.82) is 0 Å². The summed E-state index contributed by atoms with van der Waals surface area (Å²) < 4.78 is 0.867. The minimum absolute atomic E-state index is 0.527. The molecule has 1 N–H and O–H groups in total. The Hall–Kier alpha value is -0.310. The highest BCUT2D eigenvalue weighted by Crippen LogP contribution is 2.28. The predicted molar refractivity (Wildman–Crippen MR) is 58.9 cm³/mol. The Balaban J connectivity index is 2.97. The lowest BCUT2D eigenvalue weighted by Gasteiger charge is -2.10. The molecule has 1 unspecified atom stereocenters. The molecule has 0 radical (unpaired) electrons. The molecule has 0 aliphatic heterocycles. The van der Waals surface area contributed by atoms with Gasteiger partial charge in [-0.1, -0.05) is 33.6 Å². The molecule has 1 aromatic carbocycles. The first-order valence-corrected chi connectivity index (χ1v) is 5.06. The molecule has 0 saturated carbocycles. The van der Waals surface area contributed by atoms with E-state index in [9.17, 15) is 5.11 Å². The van der Waals surface area contributed by atoms with Crippen LogP contribution < -0.4 is 0 Å². The van der Waals surface area contributed by atoms with Crippen molar-refractivity contribution >= 4 is 27.5 Å². The molecule has 0 aliphatic rings. The zero-order valence-corrected chi connectivity index (χ0v) is 9.35. The summed E-state index contributed by atoms with van der Waals surface area (Å²) in [5.74, 6) is 0. The van der Waals surface area contributed by atoms with E-state index in [1.165, 1.54) is 0 Å². The van der Waals surface area contributed by atoms with Crippen LogP contribution in [0.15, 0.2) is 35.3 Å². The van der Waals surface area contributed by atoms with Gasteiger partial charge >= 0.3 is 0 Å². The van der Waals surface area contributed by atoms with E-state index < -0.39 is 6.10 Å². The Bertz CT molecular complexity index is 312. The molecule has 1 rings (SSSR count). The van der Waals surface area contributed by atoms with Crippen LogP contribution >= 0.6 is 27.5 Å². The van der Waals surface area contributed by atoms with Crippen molar-refractivity contribution < 1.29 is 5.11 Å². The lowest BCUT2D eigenvalue weighted by molar-refractivity contribution is 0.181. The van der Waals surface area contributed by atoms with Crippen molar-refractivity contribution in [2.45, 2.75) is 12.5 Å². The number of aliphatic hydroxyl groups excluding tert-OH is 1. The molecule has 0 fully saturated rings. The van der Waals surface area contributed by atoms with Gasteiger partial charge in [-0.25, -0.2) is 0 Å². The summed E-state index contributed by atoms with van der Waals surface area (Å²) in [6.45, 7) is 3.57. The summed E-state index contributed by atoms with van der Waals surface area (Å²) in [6, 6.07) is 5.35. The van der Waals surface area contributed by atoms with Crippen LogP contribution in [0.3, 0.4) is 0 Å². The highest BCUT2D eigenvalue weighted by atomic mass is 79.9. The smallest absolute Gasteiger partial charge is 0.0835 e. The molecule has 3 heteroatoms. The van der Waals surface area contributed by atoms with Crippen molar-refractivity contribution in [3.8, 4) is 0 Å². The van der Waals surface area contributed by atoms with Crippen molar-refractivity contribution in [3.05, 3.63) is 45.9 Å². The maximum absolute atomic E-state index is 9.67. The number of rotatable bonds is 3. The minimum Gasteiger partial charge on any atom is -0.388 e. The molecule has 0 aliphatic carbocycles. The third-order valence-electron chi connectivity index (χ3n) is 1.71. The van der Waals surface area contributed by atoms with E-state index in [2.05, 4.69) is 22.5 Å². The van der Waals surface area contributed by atoms with E-state index >= 15 is 0 Å².